The van der Waals surface area contributed by atoms with E-state index in [-0.39, 0.29) is 30.3 Å². The zero-order valence-electron chi connectivity index (χ0n) is 20.0. The number of nitrogens with one attached hydrogen (secondary N) is 1. The van der Waals surface area contributed by atoms with Crippen LogP contribution in [0.2, 0.25) is 0 Å². The van der Waals surface area contributed by atoms with Crippen LogP contribution in [-0.4, -0.2) is 85.9 Å². The Morgan fingerprint density at radius 2 is 1.76 bits per heavy atom. The second-order valence-electron chi connectivity index (χ2n) is 9.21. The average molecular weight is 456 g/mol. The number of hydrogen-bond donors (Lipinski definition) is 1. The van der Waals surface area contributed by atoms with Gasteiger partial charge >= 0.3 is 0 Å². The van der Waals surface area contributed by atoms with Crippen LogP contribution in [-0.2, 0) is 9.59 Å². The Morgan fingerprint density at radius 1 is 1.03 bits per heavy atom. The van der Waals surface area contributed by atoms with Crippen LogP contribution in [0.15, 0.2) is 18.2 Å². The maximum absolute atomic E-state index is 13.5. The molecule has 2 fully saturated rings. The molecule has 1 aromatic carbocycles. The molecule has 0 bridgehead atoms. The van der Waals surface area contributed by atoms with Crippen molar-refractivity contribution in [1.29, 1.82) is 0 Å². The quantitative estimate of drug-likeness (QED) is 0.650. The van der Waals surface area contributed by atoms with Gasteiger partial charge in [-0.2, -0.15) is 0 Å². The highest BCUT2D eigenvalue weighted by Crippen LogP contribution is 2.40. The van der Waals surface area contributed by atoms with Gasteiger partial charge in [0, 0.05) is 38.3 Å². The fourth-order valence-corrected chi connectivity index (χ4v) is 5.25. The van der Waals surface area contributed by atoms with Gasteiger partial charge in [0.1, 0.15) is 12.6 Å². The molecule has 2 saturated heterocycles. The summed E-state index contributed by atoms with van der Waals surface area (Å²) in [4.78, 5) is 47.2. The molecule has 33 heavy (non-hydrogen) atoms. The summed E-state index contributed by atoms with van der Waals surface area (Å²) in [7, 11) is 0. The van der Waals surface area contributed by atoms with Crippen molar-refractivity contribution in [1.82, 2.24) is 15.1 Å². The Morgan fingerprint density at radius 3 is 2.48 bits per heavy atom. The van der Waals surface area contributed by atoms with Crippen LogP contribution in [0.1, 0.15) is 56.3 Å². The van der Waals surface area contributed by atoms with Crippen LogP contribution >= 0.6 is 0 Å². The van der Waals surface area contributed by atoms with E-state index in [1.807, 2.05) is 23.1 Å². The summed E-state index contributed by atoms with van der Waals surface area (Å²) in [5, 5.41) is 2.97. The second-order valence-corrected chi connectivity index (χ2v) is 9.21. The second kappa shape index (κ2) is 10.5. The Labute approximate surface area is 196 Å². The lowest BCUT2D eigenvalue weighted by Crippen LogP contribution is -2.57. The number of fused-ring (bicyclic) bond motifs is 3. The van der Waals surface area contributed by atoms with Crippen LogP contribution in [0.5, 0.6) is 0 Å². The first-order valence-corrected chi connectivity index (χ1v) is 12.5. The van der Waals surface area contributed by atoms with Crippen LogP contribution in [0.25, 0.3) is 0 Å². The van der Waals surface area contributed by atoms with Gasteiger partial charge in [-0.15, -0.1) is 0 Å². The molecule has 3 amide bonds. The van der Waals surface area contributed by atoms with Crippen LogP contribution < -0.4 is 15.1 Å². The van der Waals surface area contributed by atoms with E-state index in [2.05, 4.69) is 29.0 Å². The van der Waals surface area contributed by atoms with E-state index in [4.69, 9.17) is 0 Å². The predicted octanol–water partition coefficient (Wildman–Crippen LogP) is 2.09. The van der Waals surface area contributed by atoms with E-state index in [0.29, 0.717) is 17.8 Å². The monoisotopic (exact) mass is 455 g/mol. The number of likely N-dealkylation sites (N-methyl/N-ethyl adjacent to an activating group) is 1. The normalized spacial score (nSPS) is 20.2. The smallest absolute Gasteiger partial charge is 0.253 e. The number of hydrogen-bond acceptors (Lipinski definition) is 5. The highest BCUT2D eigenvalue weighted by atomic mass is 16.2. The van der Waals surface area contributed by atoms with Crippen molar-refractivity contribution in [2.45, 2.75) is 52.0 Å². The largest absolute Gasteiger partial charge is 0.358 e. The molecule has 3 heterocycles. The number of likely N-dealkylation sites (tertiary alicyclic amines) is 1. The highest BCUT2D eigenvalue weighted by Gasteiger charge is 2.40. The van der Waals surface area contributed by atoms with Crippen molar-refractivity contribution in [2.24, 2.45) is 0 Å². The minimum atomic E-state index is -0.227. The van der Waals surface area contributed by atoms with Gasteiger partial charge in [-0.05, 0) is 63.4 Å². The number of nitrogens with zero attached hydrogens (tertiary/aromatic N) is 4. The zero-order valence-corrected chi connectivity index (χ0v) is 20.0. The Balaban J connectivity index is 1.55. The van der Waals surface area contributed by atoms with E-state index >= 15 is 0 Å². The first kappa shape index (κ1) is 23.5. The SMILES string of the molecule is CCN(CC)CCNC(=O)CN1C(=O)C2CCCCN2c2ccc(C(=O)N3CCCC3)cc21. The summed E-state index contributed by atoms with van der Waals surface area (Å²) in [6, 6.07) is 5.44. The minimum absolute atomic E-state index is 0.00661. The van der Waals surface area contributed by atoms with Gasteiger partial charge in [-0.1, -0.05) is 13.8 Å². The molecule has 3 aliphatic heterocycles. The van der Waals surface area contributed by atoms with Crippen LogP contribution in [0, 0.1) is 0 Å². The molecule has 0 spiro atoms. The van der Waals surface area contributed by atoms with E-state index < -0.39 is 0 Å². The molecule has 8 heteroatoms. The zero-order chi connectivity index (χ0) is 23.4. The summed E-state index contributed by atoms with van der Waals surface area (Å²) in [5.41, 5.74) is 2.22. The maximum Gasteiger partial charge on any atom is 0.253 e. The van der Waals surface area contributed by atoms with E-state index in [9.17, 15) is 14.4 Å². The fourth-order valence-electron chi connectivity index (χ4n) is 5.25. The molecular weight excluding hydrogens is 418 g/mol. The number of carbonyl (C=O) groups excluding carboxylic acids is 3. The van der Waals surface area contributed by atoms with Crippen molar-refractivity contribution < 1.29 is 14.4 Å². The third-order valence-corrected chi connectivity index (χ3v) is 7.22. The summed E-state index contributed by atoms with van der Waals surface area (Å²) in [6.45, 7) is 9.79. The number of benzene rings is 1. The summed E-state index contributed by atoms with van der Waals surface area (Å²) < 4.78 is 0. The Kier molecular flexibility index (Phi) is 7.53. The molecule has 0 aliphatic carbocycles. The van der Waals surface area contributed by atoms with Crippen LogP contribution in [0.4, 0.5) is 11.4 Å². The van der Waals surface area contributed by atoms with Crippen molar-refractivity contribution in [2.75, 3.05) is 62.2 Å². The number of piperidine rings is 1. The van der Waals surface area contributed by atoms with Gasteiger partial charge in [0.15, 0.2) is 0 Å². The number of carbonyl (C=O) groups is 3. The first-order chi connectivity index (χ1) is 16.0. The molecule has 0 aromatic heterocycles. The first-order valence-electron chi connectivity index (χ1n) is 12.5. The lowest BCUT2D eigenvalue weighted by Gasteiger charge is -2.45. The molecule has 1 aromatic rings. The number of rotatable bonds is 8. The molecular formula is C25H37N5O3. The van der Waals surface area contributed by atoms with E-state index in [0.717, 1.165) is 77.1 Å². The van der Waals surface area contributed by atoms with E-state index in [1.165, 1.54) is 0 Å². The third kappa shape index (κ3) is 5.00. The van der Waals surface area contributed by atoms with Crippen molar-refractivity contribution in [3.8, 4) is 0 Å². The fraction of sp³-hybridized carbons (Fsp3) is 0.640. The third-order valence-electron chi connectivity index (χ3n) is 7.22. The topological polar surface area (TPSA) is 76.2 Å². The highest BCUT2D eigenvalue weighted by molar-refractivity contribution is 6.09. The van der Waals surface area contributed by atoms with E-state index in [1.54, 1.807) is 4.90 Å². The Hall–Kier alpha value is -2.61. The number of amides is 3. The lowest BCUT2D eigenvalue weighted by molar-refractivity contribution is -0.125. The van der Waals surface area contributed by atoms with Gasteiger partial charge < -0.3 is 20.0 Å². The average Bonchev–Trinajstić information content (AvgIpc) is 3.39. The summed E-state index contributed by atoms with van der Waals surface area (Å²) in [5.74, 6) is -0.194. The molecule has 8 nitrogen and oxygen atoms in total. The number of anilines is 2. The van der Waals surface area contributed by atoms with Gasteiger partial charge in [-0.3, -0.25) is 19.3 Å². The molecule has 4 rings (SSSR count). The maximum atomic E-state index is 13.5. The minimum Gasteiger partial charge on any atom is -0.358 e. The van der Waals surface area contributed by atoms with Crippen molar-refractivity contribution in [3.63, 3.8) is 0 Å². The molecule has 1 atom stereocenters. The van der Waals surface area contributed by atoms with Crippen molar-refractivity contribution >= 4 is 29.1 Å². The van der Waals surface area contributed by atoms with Crippen molar-refractivity contribution in [3.05, 3.63) is 23.8 Å². The lowest BCUT2D eigenvalue weighted by atomic mass is 9.95. The van der Waals surface area contributed by atoms with Gasteiger partial charge in [-0.25, -0.2) is 0 Å². The molecule has 1 N–H and O–H groups in total. The molecule has 0 saturated carbocycles. The molecule has 0 radical (unpaired) electrons. The van der Waals surface area contributed by atoms with Gasteiger partial charge in [0.05, 0.1) is 11.4 Å². The predicted molar refractivity (Wildman–Crippen MR) is 130 cm³/mol. The standard InChI is InChI=1S/C25H37N5O3/c1-3-27(4-2)16-12-26-23(31)18-30-22-17-19(24(32)28-13-7-8-14-28)10-11-20(22)29-15-6-5-9-21(29)25(30)33/h10-11,17,21H,3-9,12-16,18H2,1-2H3,(H,26,31). The Bertz CT molecular complexity index is 879. The summed E-state index contributed by atoms with van der Waals surface area (Å²) >= 11 is 0. The summed E-state index contributed by atoms with van der Waals surface area (Å²) in [6.07, 6.45) is 4.92. The van der Waals surface area contributed by atoms with Crippen LogP contribution in [0.3, 0.4) is 0 Å². The molecule has 1 unspecified atom stereocenters. The molecule has 3 aliphatic rings. The van der Waals surface area contributed by atoms with Gasteiger partial charge in [0.25, 0.3) is 5.91 Å². The van der Waals surface area contributed by atoms with Gasteiger partial charge in [0.2, 0.25) is 11.8 Å². The molecule has 180 valence electrons.